The minimum absolute atomic E-state index is 0.0442. The van der Waals surface area contributed by atoms with Crippen molar-refractivity contribution in [3.8, 4) is 44.5 Å². The Morgan fingerprint density at radius 1 is 0.412 bits per heavy atom. The lowest BCUT2D eigenvalue weighted by Crippen LogP contribution is -2.29. The van der Waals surface area contributed by atoms with E-state index in [1.807, 2.05) is 6.07 Å². The van der Waals surface area contributed by atoms with Crippen LogP contribution >= 0.6 is 0 Å². The van der Waals surface area contributed by atoms with Crippen LogP contribution in [-0.2, 0) is 22.7 Å². The molecular weight excluding hydrogens is 817 g/mol. The van der Waals surface area contributed by atoms with Crippen molar-refractivity contribution in [2.45, 2.75) is 50.4 Å². The third kappa shape index (κ3) is 5.51. The van der Waals surface area contributed by atoms with E-state index in [1.165, 1.54) is 117 Å². The number of benzene rings is 9. The van der Waals surface area contributed by atoms with E-state index >= 15 is 0 Å². The molecule has 0 aliphatic heterocycles. The third-order valence-electron chi connectivity index (χ3n) is 15.9. The van der Waals surface area contributed by atoms with Crippen molar-refractivity contribution in [3.63, 3.8) is 0 Å². The Hall–Kier alpha value is -7.98. The molecule has 0 spiro atoms. The zero-order valence-corrected chi connectivity index (χ0v) is 39.0. The summed E-state index contributed by atoms with van der Waals surface area (Å²) in [4.78, 5) is 0. The second kappa shape index (κ2) is 15.0. The van der Waals surface area contributed by atoms with E-state index in [1.54, 1.807) is 0 Å². The first-order valence-electron chi connectivity index (χ1n) is 24.1. The Morgan fingerprint density at radius 2 is 1.04 bits per heavy atom. The number of aryl methyl sites for hydroxylation is 2. The molecule has 0 fully saturated rings. The van der Waals surface area contributed by atoms with Gasteiger partial charge in [-0.1, -0.05) is 232 Å². The van der Waals surface area contributed by atoms with Gasteiger partial charge in [0.05, 0.1) is 10.8 Å². The van der Waals surface area contributed by atoms with Crippen molar-refractivity contribution < 1.29 is 0 Å². The van der Waals surface area contributed by atoms with Gasteiger partial charge < -0.3 is 0 Å². The molecule has 2 atom stereocenters. The number of rotatable bonds is 7. The fourth-order valence-corrected chi connectivity index (χ4v) is 13.1. The highest BCUT2D eigenvalue weighted by Crippen LogP contribution is 2.61. The lowest BCUT2D eigenvalue weighted by atomic mass is 9.66. The summed E-state index contributed by atoms with van der Waals surface area (Å²) >= 11 is 0. The first kappa shape index (κ1) is 40.3. The molecule has 0 saturated heterocycles. The zero-order valence-electron chi connectivity index (χ0n) is 39.0. The van der Waals surface area contributed by atoms with Crippen molar-refractivity contribution in [2.24, 2.45) is 0 Å². The maximum atomic E-state index is 3.69. The van der Waals surface area contributed by atoms with Crippen LogP contribution in [0.1, 0.15) is 91.7 Å². The lowest BCUT2D eigenvalue weighted by molar-refractivity contribution is 0.660. The largest absolute Gasteiger partial charge is 0.0793 e. The fraction of sp³-hybridized carbons (Fsp3) is 0.118. The Morgan fingerprint density at radius 3 is 1.87 bits per heavy atom. The van der Waals surface area contributed by atoms with Crippen molar-refractivity contribution >= 4 is 0 Å². The van der Waals surface area contributed by atoms with Gasteiger partial charge in [0.1, 0.15) is 0 Å². The van der Waals surface area contributed by atoms with Gasteiger partial charge in [0.25, 0.3) is 0 Å². The molecule has 3 aliphatic rings. The van der Waals surface area contributed by atoms with Crippen LogP contribution in [0.2, 0.25) is 0 Å². The number of fused-ring (bicyclic) bond motifs is 9. The fourth-order valence-electron chi connectivity index (χ4n) is 13.1. The van der Waals surface area contributed by atoms with Crippen molar-refractivity contribution in [2.75, 3.05) is 0 Å². The summed E-state index contributed by atoms with van der Waals surface area (Å²) in [7, 11) is 0. The van der Waals surface area contributed by atoms with Crippen LogP contribution in [0.4, 0.5) is 0 Å². The molecule has 0 radical (unpaired) electrons. The van der Waals surface area contributed by atoms with Crippen LogP contribution in [0.3, 0.4) is 0 Å². The van der Waals surface area contributed by atoms with E-state index in [0.717, 1.165) is 12.0 Å². The van der Waals surface area contributed by atoms with Gasteiger partial charge in [-0.15, -0.1) is 0 Å². The van der Waals surface area contributed by atoms with Gasteiger partial charge in [0, 0.05) is 11.0 Å². The van der Waals surface area contributed by atoms with Gasteiger partial charge in [-0.3, -0.25) is 0 Å². The summed E-state index contributed by atoms with van der Waals surface area (Å²) in [5, 5.41) is 0. The number of hydrogen-bond acceptors (Lipinski definition) is 0. The van der Waals surface area contributed by atoms with Crippen LogP contribution in [0.15, 0.2) is 218 Å². The second-order valence-corrected chi connectivity index (χ2v) is 19.9. The molecule has 0 amide bonds. The van der Waals surface area contributed by atoms with Gasteiger partial charge in [-0.2, -0.15) is 0 Å². The molecule has 0 bridgehead atoms. The van der Waals surface area contributed by atoms with E-state index in [0.29, 0.717) is 0 Å². The molecule has 68 heavy (non-hydrogen) atoms. The van der Waals surface area contributed by atoms with Gasteiger partial charge in [0.15, 0.2) is 0 Å². The Labute approximate surface area is 401 Å². The van der Waals surface area contributed by atoms with Crippen molar-refractivity contribution in [1.82, 2.24) is 0 Å². The second-order valence-electron chi connectivity index (χ2n) is 19.9. The molecule has 0 saturated carbocycles. The smallest absolute Gasteiger partial charge is 0.0699 e. The Kier molecular flexibility index (Phi) is 8.90. The normalized spacial score (nSPS) is 17.6. The molecular formula is C68H50. The maximum absolute atomic E-state index is 3.69. The molecule has 0 heteroatoms. The highest BCUT2D eigenvalue weighted by Gasteiger charge is 2.49. The van der Waals surface area contributed by atoms with Crippen molar-refractivity contribution in [1.29, 1.82) is 0 Å². The van der Waals surface area contributed by atoms with E-state index in [2.05, 4.69) is 252 Å². The minimum Gasteiger partial charge on any atom is -0.0699 e. The summed E-state index contributed by atoms with van der Waals surface area (Å²) in [6.45, 7) is 9.27. The molecule has 2 unspecified atom stereocenters. The molecule has 10 aromatic rings. The topological polar surface area (TPSA) is 0 Å². The van der Waals surface area contributed by atoms with Gasteiger partial charge >= 0.3 is 0 Å². The minimum atomic E-state index is -0.580. The molecule has 0 aromatic heterocycles. The van der Waals surface area contributed by atoms with Gasteiger partial charge in [-0.25, -0.2) is 0 Å². The van der Waals surface area contributed by atoms with Crippen LogP contribution in [-0.4, -0.2) is 0 Å². The lowest BCUT2D eigenvalue weighted by Gasteiger charge is -2.35. The average molecular weight is 867 g/mol. The summed E-state index contributed by atoms with van der Waals surface area (Å²) in [5.74, 6) is 0. The number of hydrogen-bond donors (Lipinski definition) is 0. The Balaban J connectivity index is 1.03. The van der Waals surface area contributed by atoms with Crippen LogP contribution < -0.4 is 0 Å². The average Bonchev–Trinajstić information content (AvgIpc) is 3.95. The van der Waals surface area contributed by atoms with Crippen LogP contribution in [0.25, 0.3) is 44.5 Å². The SMILES string of the molecule is Cc1ccc2c(c1)C(c1ccccc1)(c1cccc(-c3cccc4c3-c3cccc(C)c3C4(c3ccccc3)c3cccc(Cc4cccc5c4-c4ccccc4C5(C)C)c3)c1)c1c#cccc1-2. The standard InChI is InChI=1S/C68H50/c1-44-38-39-55-54-30-11-14-35-59(54)67(62(55)40-44,49-24-7-5-8-25-49)52-29-17-22-47(43-52)53-32-19-37-61-64(53)57-33-15-20-45(2)65(57)68(61,50-26-9-6-10-27-50)51-28-16-21-46(42-51)41-48-23-18-36-60-63(48)56-31-12-13-34-58(56)66(60,3)4/h5-13,15-34,36-40,42-43H,41H2,1-4H3. The summed E-state index contributed by atoms with van der Waals surface area (Å²) in [6, 6.07) is 89.5. The molecule has 3 aliphatic carbocycles. The molecule has 0 N–H and O–H groups in total. The molecule has 13 rings (SSSR count). The predicted molar refractivity (Wildman–Crippen MR) is 280 cm³/mol. The summed E-state index contributed by atoms with van der Waals surface area (Å²) in [5.41, 5.74) is 27.3. The quantitative estimate of drug-likeness (QED) is 0.150. The first-order chi connectivity index (χ1) is 33.3. The summed E-state index contributed by atoms with van der Waals surface area (Å²) < 4.78 is 0. The first-order valence-corrected chi connectivity index (χ1v) is 24.1. The summed E-state index contributed by atoms with van der Waals surface area (Å²) in [6.07, 6.45) is 0.844. The van der Waals surface area contributed by atoms with Gasteiger partial charge in [0.2, 0.25) is 0 Å². The molecule has 10 aromatic carbocycles. The van der Waals surface area contributed by atoms with Crippen molar-refractivity contribution in [3.05, 3.63) is 308 Å². The monoisotopic (exact) mass is 866 g/mol. The van der Waals surface area contributed by atoms with Crippen LogP contribution in [0.5, 0.6) is 0 Å². The van der Waals surface area contributed by atoms with E-state index < -0.39 is 10.8 Å². The highest BCUT2D eigenvalue weighted by atomic mass is 14.5. The van der Waals surface area contributed by atoms with Gasteiger partial charge in [-0.05, 0) is 150 Å². The maximum Gasteiger partial charge on any atom is 0.0793 e. The molecule has 322 valence electrons. The van der Waals surface area contributed by atoms with E-state index in [4.69, 9.17) is 0 Å². The molecule has 0 nitrogen and oxygen atoms in total. The highest BCUT2D eigenvalue weighted by molar-refractivity contribution is 5.97. The third-order valence-corrected chi connectivity index (χ3v) is 15.9. The van der Waals surface area contributed by atoms with Crippen LogP contribution in [0, 0.1) is 26.0 Å². The van der Waals surface area contributed by atoms with E-state index in [9.17, 15) is 0 Å². The molecule has 0 heterocycles. The predicted octanol–water partition coefficient (Wildman–Crippen LogP) is 16.2. The Bertz CT molecular complexity index is 3640. The van der Waals surface area contributed by atoms with E-state index in [-0.39, 0.29) is 5.41 Å². The zero-order chi connectivity index (χ0) is 45.8.